The number of rotatable bonds is 7. The monoisotopic (exact) mass is 351 g/mol. The van der Waals surface area contributed by atoms with E-state index < -0.39 is 6.10 Å². The lowest BCUT2D eigenvalue weighted by Gasteiger charge is -2.15. The summed E-state index contributed by atoms with van der Waals surface area (Å²) in [5.41, 5.74) is 1.09. The molecule has 0 radical (unpaired) electrons. The van der Waals surface area contributed by atoms with Crippen molar-refractivity contribution in [3.8, 4) is 5.75 Å². The minimum atomic E-state index is -0.602. The van der Waals surface area contributed by atoms with Crippen molar-refractivity contribution in [2.24, 2.45) is 0 Å². The van der Waals surface area contributed by atoms with E-state index in [4.69, 9.17) is 27.9 Å². The second-order valence-electron chi connectivity index (χ2n) is 5.18. The van der Waals surface area contributed by atoms with Gasteiger partial charge < -0.3 is 10.1 Å². The Labute approximate surface area is 146 Å². The molecule has 1 unspecified atom stereocenters. The van der Waals surface area contributed by atoms with Crippen LogP contribution in [0.2, 0.25) is 10.0 Å². The van der Waals surface area contributed by atoms with Crippen molar-refractivity contribution in [1.82, 2.24) is 5.32 Å². The van der Waals surface area contributed by atoms with Crippen molar-refractivity contribution >= 4 is 29.1 Å². The number of carbonyl (C=O) groups excluding carboxylic acids is 1. The molecule has 0 aliphatic rings. The fourth-order valence-electron chi connectivity index (χ4n) is 2.12. The van der Waals surface area contributed by atoms with Crippen molar-refractivity contribution in [3.63, 3.8) is 0 Å². The Morgan fingerprint density at radius 1 is 1.09 bits per heavy atom. The van der Waals surface area contributed by atoms with Crippen molar-refractivity contribution in [2.45, 2.75) is 25.9 Å². The average molecular weight is 352 g/mol. The minimum Gasteiger partial charge on any atom is -0.479 e. The molecule has 0 spiro atoms. The smallest absolute Gasteiger partial charge is 0.260 e. The summed E-state index contributed by atoms with van der Waals surface area (Å²) in [5.74, 6) is 0.344. The molecule has 0 bridgehead atoms. The maximum atomic E-state index is 12.0. The number of nitrogens with one attached hydrogen (secondary N) is 1. The standard InChI is InChI=1S/C18H19Cl2NO2/c1-13(23-17-11-5-4-10-16(17)20)18(22)21-12-6-8-14-7-2-3-9-15(14)19/h2-5,7,9-11,13H,6,8,12H2,1H3,(H,21,22). The van der Waals surface area contributed by atoms with Gasteiger partial charge in [-0.2, -0.15) is 0 Å². The fourth-order valence-corrected chi connectivity index (χ4v) is 2.53. The molecular formula is C18H19Cl2NO2. The van der Waals surface area contributed by atoms with Crippen molar-refractivity contribution < 1.29 is 9.53 Å². The first kappa shape index (κ1) is 17.6. The average Bonchev–Trinajstić information content (AvgIpc) is 2.55. The van der Waals surface area contributed by atoms with Gasteiger partial charge in [0.25, 0.3) is 5.91 Å². The van der Waals surface area contributed by atoms with Crippen LogP contribution in [-0.2, 0) is 11.2 Å². The summed E-state index contributed by atoms with van der Waals surface area (Å²) in [6.45, 7) is 2.27. The molecule has 23 heavy (non-hydrogen) atoms. The molecule has 0 aliphatic carbocycles. The third-order valence-corrected chi connectivity index (χ3v) is 4.07. The van der Waals surface area contributed by atoms with E-state index in [1.807, 2.05) is 36.4 Å². The van der Waals surface area contributed by atoms with Crippen LogP contribution in [0.3, 0.4) is 0 Å². The van der Waals surface area contributed by atoms with E-state index in [1.54, 1.807) is 19.1 Å². The van der Waals surface area contributed by atoms with Gasteiger partial charge in [0.2, 0.25) is 0 Å². The summed E-state index contributed by atoms with van der Waals surface area (Å²) in [4.78, 5) is 12.0. The Bertz CT molecular complexity index is 661. The van der Waals surface area contributed by atoms with Crippen LogP contribution < -0.4 is 10.1 Å². The zero-order valence-electron chi connectivity index (χ0n) is 12.9. The highest BCUT2D eigenvalue weighted by atomic mass is 35.5. The highest BCUT2D eigenvalue weighted by Gasteiger charge is 2.15. The molecule has 1 amide bonds. The first-order chi connectivity index (χ1) is 11.1. The SMILES string of the molecule is CC(Oc1ccccc1Cl)C(=O)NCCCc1ccccc1Cl. The van der Waals surface area contributed by atoms with E-state index in [-0.39, 0.29) is 5.91 Å². The number of ether oxygens (including phenoxy) is 1. The zero-order chi connectivity index (χ0) is 16.7. The normalized spacial score (nSPS) is 11.8. The molecule has 0 aliphatic heterocycles. The van der Waals surface area contributed by atoms with E-state index in [2.05, 4.69) is 5.32 Å². The highest BCUT2D eigenvalue weighted by Crippen LogP contribution is 2.24. The Kier molecular flexibility index (Phi) is 6.75. The van der Waals surface area contributed by atoms with Crippen LogP contribution in [0.5, 0.6) is 5.75 Å². The number of carbonyl (C=O) groups is 1. The summed E-state index contributed by atoms with van der Waals surface area (Å²) in [5, 5.41) is 4.11. The number of hydrogen-bond donors (Lipinski definition) is 1. The molecule has 1 atom stereocenters. The molecule has 2 aromatic rings. The first-order valence-corrected chi connectivity index (χ1v) is 8.26. The topological polar surface area (TPSA) is 38.3 Å². The van der Waals surface area contributed by atoms with Gasteiger partial charge in [0.05, 0.1) is 5.02 Å². The van der Waals surface area contributed by atoms with E-state index in [1.165, 1.54) is 0 Å². The van der Waals surface area contributed by atoms with Crippen LogP contribution in [0.4, 0.5) is 0 Å². The lowest BCUT2D eigenvalue weighted by molar-refractivity contribution is -0.127. The zero-order valence-corrected chi connectivity index (χ0v) is 14.4. The molecule has 0 fully saturated rings. The number of aryl methyl sites for hydroxylation is 1. The summed E-state index contributed by atoms with van der Waals surface area (Å²) in [7, 11) is 0. The van der Waals surface area contributed by atoms with Gasteiger partial charge >= 0.3 is 0 Å². The molecule has 2 aromatic carbocycles. The molecule has 1 N–H and O–H groups in total. The predicted octanol–water partition coefficient (Wildman–Crippen LogP) is 4.51. The third kappa shape index (κ3) is 5.45. The van der Waals surface area contributed by atoms with Crippen LogP contribution in [0, 0.1) is 0 Å². The quantitative estimate of drug-likeness (QED) is 0.745. The third-order valence-electron chi connectivity index (χ3n) is 3.39. The second-order valence-corrected chi connectivity index (χ2v) is 5.99. The molecular weight excluding hydrogens is 333 g/mol. The molecule has 0 heterocycles. The van der Waals surface area contributed by atoms with Gasteiger partial charge in [0.15, 0.2) is 6.10 Å². The lowest BCUT2D eigenvalue weighted by atomic mass is 10.1. The molecule has 2 rings (SSSR count). The van der Waals surface area contributed by atoms with Gasteiger partial charge in [-0.05, 0) is 43.5 Å². The summed E-state index contributed by atoms with van der Waals surface area (Å²) in [6.07, 6.45) is 1.03. The van der Waals surface area contributed by atoms with Gasteiger partial charge in [-0.25, -0.2) is 0 Å². The van der Waals surface area contributed by atoms with Gasteiger partial charge in [-0.1, -0.05) is 53.5 Å². The summed E-state index contributed by atoms with van der Waals surface area (Å²) >= 11 is 12.1. The maximum absolute atomic E-state index is 12.0. The predicted molar refractivity (Wildman–Crippen MR) is 94.3 cm³/mol. The van der Waals surface area contributed by atoms with Crippen molar-refractivity contribution in [2.75, 3.05) is 6.54 Å². The van der Waals surface area contributed by atoms with E-state index in [0.717, 1.165) is 23.4 Å². The van der Waals surface area contributed by atoms with Crippen LogP contribution >= 0.6 is 23.2 Å². The van der Waals surface area contributed by atoms with Gasteiger partial charge in [-0.15, -0.1) is 0 Å². The second kappa shape index (κ2) is 8.80. The maximum Gasteiger partial charge on any atom is 0.260 e. The van der Waals surface area contributed by atoms with Gasteiger partial charge in [-0.3, -0.25) is 4.79 Å². The Morgan fingerprint density at radius 3 is 2.43 bits per heavy atom. The lowest BCUT2D eigenvalue weighted by Crippen LogP contribution is -2.37. The molecule has 0 aromatic heterocycles. The Morgan fingerprint density at radius 2 is 1.74 bits per heavy atom. The number of amides is 1. The van der Waals surface area contributed by atoms with Crippen LogP contribution in [-0.4, -0.2) is 18.6 Å². The number of hydrogen-bond acceptors (Lipinski definition) is 2. The Balaban J connectivity index is 1.74. The van der Waals surface area contributed by atoms with E-state index in [0.29, 0.717) is 17.3 Å². The van der Waals surface area contributed by atoms with Crippen molar-refractivity contribution in [1.29, 1.82) is 0 Å². The molecule has 0 saturated heterocycles. The van der Waals surface area contributed by atoms with Gasteiger partial charge in [0.1, 0.15) is 5.75 Å². The van der Waals surface area contributed by atoms with Gasteiger partial charge in [0, 0.05) is 11.6 Å². The molecule has 0 saturated carbocycles. The van der Waals surface area contributed by atoms with Crippen LogP contribution in [0.25, 0.3) is 0 Å². The highest BCUT2D eigenvalue weighted by molar-refractivity contribution is 6.32. The number of benzene rings is 2. The Hall–Kier alpha value is -1.71. The number of para-hydroxylation sites is 1. The summed E-state index contributed by atoms with van der Waals surface area (Å²) in [6, 6.07) is 14.8. The van der Waals surface area contributed by atoms with Crippen LogP contribution in [0.15, 0.2) is 48.5 Å². The molecule has 3 nitrogen and oxygen atoms in total. The molecule has 122 valence electrons. The van der Waals surface area contributed by atoms with E-state index in [9.17, 15) is 4.79 Å². The van der Waals surface area contributed by atoms with E-state index >= 15 is 0 Å². The number of halogens is 2. The molecule has 5 heteroatoms. The first-order valence-electron chi connectivity index (χ1n) is 7.50. The minimum absolute atomic E-state index is 0.163. The fraction of sp³-hybridized carbons (Fsp3) is 0.278. The largest absolute Gasteiger partial charge is 0.479 e. The summed E-state index contributed by atoms with van der Waals surface area (Å²) < 4.78 is 5.58. The van der Waals surface area contributed by atoms with Crippen molar-refractivity contribution in [3.05, 3.63) is 64.1 Å². The van der Waals surface area contributed by atoms with Crippen LogP contribution in [0.1, 0.15) is 18.9 Å².